The van der Waals surface area contributed by atoms with E-state index in [9.17, 15) is 0 Å². The molecule has 86 valence electrons. The van der Waals surface area contributed by atoms with Crippen molar-refractivity contribution in [2.45, 2.75) is 12.5 Å². The van der Waals surface area contributed by atoms with E-state index in [1.807, 2.05) is 5.38 Å². The van der Waals surface area contributed by atoms with Gasteiger partial charge in [0.05, 0.1) is 24.2 Å². The van der Waals surface area contributed by atoms with E-state index < -0.39 is 0 Å². The van der Waals surface area contributed by atoms with Crippen LogP contribution in [0.5, 0.6) is 0 Å². The zero-order valence-electron chi connectivity index (χ0n) is 9.68. The van der Waals surface area contributed by atoms with E-state index in [4.69, 9.17) is 5.26 Å². The Morgan fingerprint density at radius 3 is 3.12 bits per heavy atom. The van der Waals surface area contributed by atoms with Crippen molar-refractivity contribution in [3.63, 3.8) is 0 Å². The fourth-order valence-corrected chi connectivity index (χ4v) is 2.89. The van der Waals surface area contributed by atoms with Gasteiger partial charge in [0.15, 0.2) is 0 Å². The molecule has 1 aliphatic rings. The maximum Gasteiger partial charge on any atom is 0.111 e. The highest BCUT2D eigenvalue weighted by Gasteiger charge is 2.25. The minimum Gasteiger partial charge on any atom is -0.303 e. The van der Waals surface area contributed by atoms with E-state index in [0.29, 0.717) is 12.5 Å². The molecule has 0 amide bonds. The van der Waals surface area contributed by atoms with Crippen LogP contribution in [0.3, 0.4) is 0 Å². The molecule has 2 heterocycles. The van der Waals surface area contributed by atoms with Crippen molar-refractivity contribution < 1.29 is 0 Å². The van der Waals surface area contributed by atoms with E-state index in [1.165, 1.54) is 0 Å². The maximum atomic E-state index is 8.63. The number of nitrogens with zero attached hydrogens (tertiary/aromatic N) is 4. The van der Waals surface area contributed by atoms with Crippen molar-refractivity contribution in [2.24, 2.45) is 0 Å². The summed E-state index contributed by atoms with van der Waals surface area (Å²) in [5.74, 6) is 0. The van der Waals surface area contributed by atoms with Crippen LogP contribution in [0.1, 0.15) is 16.7 Å². The molecular weight excluding hydrogens is 220 g/mol. The average Bonchev–Trinajstić information content (AvgIpc) is 2.71. The van der Waals surface area contributed by atoms with Crippen LogP contribution in [-0.4, -0.2) is 48.5 Å². The molecule has 0 saturated carbocycles. The van der Waals surface area contributed by atoms with E-state index in [0.717, 1.165) is 30.3 Å². The first-order valence-electron chi connectivity index (χ1n) is 5.40. The second kappa shape index (κ2) is 4.91. The van der Waals surface area contributed by atoms with Crippen LogP contribution in [0.25, 0.3) is 0 Å². The molecule has 0 aromatic carbocycles. The number of piperazine rings is 1. The van der Waals surface area contributed by atoms with Crippen molar-refractivity contribution in [3.8, 4) is 6.07 Å². The molecule has 0 spiro atoms. The van der Waals surface area contributed by atoms with Crippen LogP contribution < -0.4 is 0 Å². The topological polar surface area (TPSA) is 43.2 Å². The summed E-state index contributed by atoms with van der Waals surface area (Å²) in [6.45, 7) is 3.22. The third-order valence-electron chi connectivity index (χ3n) is 2.97. The molecule has 1 aliphatic heterocycles. The molecule has 5 heteroatoms. The van der Waals surface area contributed by atoms with Crippen LogP contribution >= 0.6 is 11.3 Å². The van der Waals surface area contributed by atoms with Crippen LogP contribution in [0.15, 0.2) is 5.38 Å². The molecule has 1 saturated heterocycles. The number of aromatic nitrogens is 1. The number of nitriles is 1. The maximum absolute atomic E-state index is 8.63. The van der Waals surface area contributed by atoms with Gasteiger partial charge in [0.1, 0.15) is 5.01 Å². The van der Waals surface area contributed by atoms with Gasteiger partial charge in [-0.3, -0.25) is 4.90 Å². The molecule has 0 aliphatic carbocycles. The minimum atomic E-state index is 0.385. The van der Waals surface area contributed by atoms with Crippen molar-refractivity contribution in [1.82, 2.24) is 14.8 Å². The SMILES string of the molecule is CN1CCN(C)C(c2nc(CC#N)cs2)C1. The molecule has 1 aromatic heterocycles. The summed E-state index contributed by atoms with van der Waals surface area (Å²) in [5.41, 5.74) is 0.907. The minimum absolute atomic E-state index is 0.385. The second-order valence-corrected chi connectivity index (χ2v) is 5.16. The number of hydrogen-bond acceptors (Lipinski definition) is 5. The van der Waals surface area contributed by atoms with Crippen LogP contribution in [-0.2, 0) is 6.42 Å². The smallest absolute Gasteiger partial charge is 0.111 e. The lowest BCUT2D eigenvalue weighted by Crippen LogP contribution is -2.44. The highest BCUT2D eigenvalue weighted by molar-refractivity contribution is 7.09. The number of likely N-dealkylation sites (N-methyl/N-ethyl adjacent to an activating group) is 2. The van der Waals surface area contributed by atoms with Gasteiger partial charge in [0.2, 0.25) is 0 Å². The van der Waals surface area contributed by atoms with Gasteiger partial charge in [-0.2, -0.15) is 5.26 Å². The molecule has 1 unspecified atom stereocenters. The van der Waals surface area contributed by atoms with Crippen LogP contribution in [0, 0.1) is 11.3 Å². The average molecular weight is 236 g/mol. The van der Waals surface area contributed by atoms with Gasteiger partial charge < -0.3 is 4.90 Å². The van der Waals surface area contributed by atoms with Gasteiger partial charge in [-0.15, -0.1) is 11.3 Å². The zero-order chi connectivity index (χ0) is 11.5. The molecule has 0 N–H and O–H groups in total. The quantitative estimate of drug-likeness (QED) is 0.772. The van der Waals surface area contributed by atoms with E-state index in [-0.39, 0.29) is 0 Å². The molecular formula is C11H16N4S. The van der Waals surface area contributed by atoms with Gasteiger partial charge in [-0.05, 0) is 14.1 Å². The summed E-state index contributed by atoms with van der Waals surface area (Å²) in [6.07, 6.45) is 0.419. The van der Waals surface area contributed by atoms with Crippen LogP contribution in [0.2, 0.25) is 0 Å². The van der Waals surface area contributed by atoms with Gasteiger partial charge in [-0.1, -0.05) is 0 Å². The molecule has 0 bridgehead atoms. The van der Waals surface area contributed by atoms with Gasteiger partial charge in [-0.25, -0.2) is 4.98 Å². The molecule has 0 radical (unpaired) electrons. The Hall–Kier alpha value is -0.960. The predicted octanol–water partition coefficient (Wildman–Crippen LogP) is 1.13. The lowest BCUT2D eigenvalue weighted by Gasteiger charge is -2.36. The van der Waals surface area contributed by atoms with Crippen molar-refractivity contribution in [3.05, 3.63) is 16.1 Å². The third kappa shape index (κ3) is 2.40. The largest absolute Gasteiger partial charge is 0.303 e. The Morgan fingerprint density at radius 1 is 1.56 bits per heavy atom. The highest BCUT2D eigenvalue weighted by Crippen LogP contribution is 2.26. The number of hydrogen-bond donors (Lipinski definition) is 0. The Bertz CT molecular complexity index is 395. The van der Waals surface area contributed by atoms with E-state index in [1.54, 1.807) is 11.3 Å². The summed E-state index contributed by atoms with van der Waals surface area (Å²) in [4.78, 5) is 9.21. The summed E-state index contributed by atoms with van der Waals surface area (Å²) >= 11 is 1.67. The molecule has 2 rings (SSSR count). The first-order valence-corrected chi connectivity index (χ1v) is 6.28. The lowest BCUT2D eigenvalue weighted by molar-refractivity contribution is 0.115. The Balaban J connectivity index is 2.12. The number of thiazole rings is 1. The zero-order valence-corrected chi connectivity index (χ0v) is 10.5. The second-order valence-electron chi connectivity index (χ2n) is 4.27. The fourth-order valence-electron chi connectivity index (χ4n) is 1.91. The molecule has 1 atom stereocenters. The summed E-state index contributed by atoms with van der Waals surface area (Å²) in [7, 11) is 4.28. The van der Waals surface area contributed by atoms with Crippen molar-refractivity contribution >= 4 is 11.3 Å². The first kappa shape index (κ1) is 11.5. The number of rotatable bonds is 2. The van der Waals surface area contributed by atoms with Gasteiger partial charge in [0.25, 0.3) is 0 Å². The molecule has 1 aromatic rings. The van der Waals surface area contributed by atoms with Crippen LogP contribution in [0.4, 0.5) is 0 Å². The standard InChI is InChI=1S/C11H16N4S/c1-14-5-6-15(2)10(7-14)11-13-9(3-4-12)8-16-11/h8,10H,3,5-7H2,1-2H3. The summed E-state index contributed by atoms with van der Waals surface area (Å²) in [6, 6.07) is 2.53. The molecule has 1 fully saturated rings. The Kier molecular flexibility index (Phi) is 3.54. The Morgan fingerprint density at radius 2 is 2.38 bits per heavy atom. The summed E-state index contributed by atoms with van der Waals surface area (Å²) in [5, 5.41) is 11.8. The normalized spacial score (nSPS) is 23.2. The fraction of sp³-hybridized carbons (Fsp3) is 0.636. The van der Waals surface area contributed by atoms with E-state index >= 15 is 0 Å². The lowest BCUT2D eigenvalue weighted by atomic mass is 10.2. The monoisotopic (exact) mass is 236 g/mol. The van der Waals surface area contributed by atoms with Gasteiger partial charge >= 0.3 is 0 Å². The molecule has 16 heavy (non-hydrogen) atoms. The first-order chi connectivity index (χ1) is 7.70. The summed E-state index contributed by atoms with van der Waals surface area (Å²) < 4.78 is 0. The Labute approximate surface area is 100 Å². The highest BCUT2D eigenvalue weighted by atomic mass is 32.1. The van der Waals surface area contributed by atoms with E-state index in [2.05, 4.69) is 34.9 Å². The van der Waals surface area contributed by atoms with Gasteiger partial charge in [0, 0.05) is 25.0 Å². The van der Waals surface area contributed by atoms with Crippen molar-refractivity contribution in [1.29, 1.82) is 5.26 Å². The predicted molar refractivity (Wildman–Crippen MR) is 64.3 cm³/mol. The van der Waals surface area contributed by atoms with Crippen molar-refractivity contribution in [2.75, 3.05) is 33.7 Å². The third-order valence-corrected chi connectivity index (χ3v) is 3.96. The molecule has 4 nitrogen and oxygen atoms in total.